The van der Waals surface area contributed by atoms with Crippen molar-refractivity contribution in [1.82, 2.24) is 4.90 Å². The van der Waals surface area contributed by atoms with Crippen LogP contribution in [0.4, 0.5) is 0 Å². The Morgan fingerprint density at radius 3 is 2.57 bits per heavy atom. The number of hydrogen-bond donors (Lipinski definition) is 1. The second-order valence-electron chi connectivity index (χ2n) is 5.40. The first-order valence-electron chi connectivity index (χ1n) is 7.84. The van der Waals surface area contributed by atoms with Crippen LogP contribution in [0.1, 0.15) is 37.3 Å². The van der Waals surface area contributed by atoms with Crippen LogP contribution in [0.25, 0.3) is 0 Å². The summed E-state index contributed by atoms with van der Waals surface area (Å²) >= 11 is 0. The quantitative estimate of drug-likeness (QED) is 0.844. The van der Waals surface area contributed by atoms with Crippen molar-refractivity contribution in [3.05, 3.63) is 35.4 Å². The zero-order chi connectivity index (χ0) is 14.9. The Morgan fingerprint density at radius 2 is 1.95 bits per heavy atom. The third-order valence-corrected chi connectivity index (χ3v) is 3.77. The van der Waals surface area contributed by atoms with Gasteiger partial charge >= 0.3 is 0 Å². The van der Waals surface area contributed by atoms with E-state index in [9.17, 15) is 0 Å². The number of hydrogen-bond acceptors (Lipinski definition) is 3. The Kier molecular flexibility index (Phi) is 6.75. The van der Waals surface area contributed by atoms with Crippen LogP contribution in [0.5, 0.6) is 0 Å². The van der Waals surface area contributed by atoms with Gasteiger partial charge in [-0.1, -0.05) is 24.0 Å². The maximum absolute atomic E-state index is 8.71. The second-order valence-corrected chi connectivity index (χ2v) is 5.40. The number of benzene rings is 1. The van der Waals surface area contributed by atoms with Gasteiger partial charge in [-0.05, 0) is 37.5 Å². The maximum atomic E-state index is 8.71. The van der Waals surface area contributed by atoms with E-state index in [-0.39, 0.29) is 6.61 Å². The Labute approximate surface area is 127 Å². The van der Waals surface area contributed by atoms with Crippen molar-refractivity contribution < 1.29 is 9.84 Å². The molecule has 0 unspecified atom stereocenters. The fraction of sp³-hybridized carbons (Fsp3) is 0.556. The second kappa shape index (κ2) is 8.84. The minimum absolute atomic E-state index is 0.128. The van der Waals surface area contributed by atoms with Crippen LogP contribution in [0.2, 0.25) is 0 Å². The SMILES string of the molecule is CCOC1CCN(Cc2ccc(C#CCCO)cc2)CC1. The smallest absolute Gasteiger partial charge is 0.0599 e. The lowest BCUT2D eigenvalue weighted by molar-refractivity contribution is 0.0125. The molecule has 1 saturated heterocycles. The van der Waals surface area contributed by atoms with Crippen LogP contribution in [0, 0.1) is 11.8 Å². The average Bonchev–Trinajstić information content (AvgIpc) is 2.51. The summed E-state index contributed by atoms with van der Waals surface area (Å²) < 4.78 is 5.68. The molecule has 1 heterocycles. The van der Waals surface area contributed by atoms with Gasteiger partial charge < -0.3 is 9.84 Å². The van der Waals surface area contributed by atoms with E-state index in [1.807, 2.05) is 0 Å². The maximum Gasteiger partial charge on any atom is 0.0599 e. The van der Waals surface area contributed by atoms with E-state index < -0.39 is 0 Å². The number of piperidine rings is 1. The fourth-order valence-electron chi connectivity index (χ4n) is 2.64. The number of aliphatic hydroxyl groups is 1. The Bertz CT molecular complexity index is 464. The molecule has 1 fully saturated rings. The van der Waals surface area contributed by atoms with Crippen LogP contribution >= 0.6 is 0 Å². The van der Waals surface area contributed by atoms with Crippen molar-refractivity contribution in [2.45, 2.75) is 38.8 Å². The van der Waals surface area contributed by atoms with Crippen molar-refractivity contribution in [1.29, 1.82) is 0 Å². The fourth-order valence-corrected chi connectivity index (χ4v) is 2.64. The van der Waals surface area contributed by atoms with Gasteiger partial charge in [-0.25, -0.2) is 0 Å². The van der Waals surface area contributed by atoms with Gasteiger partial charge in [0.25, 0.3) is 0 Å². The highest BCUT2D eigenvalue weighted by atomic mass is 16.5. The molecule has 21 heavy (non-hydrogen) atoms. The van der Waals surface area contributed by atoms with E-state index in [0.29, 0.717) is 12.5 Å². The van der Waals surface area contributed by atoms with E-state index in [1.54, 1.807) is 0 Å². The van der Waals surface area contributed by atoms with Gasteiger partial charge in [0.15, 0.2) is 0 Å². The first kappa shape index (κ1) is 16.0. The highest BCUT2D eigenvalue weighted by Gasteiger charge is 2.18. The molecule has 0 bridgehead atoms. The van der Waals surface area contributed by atoms with E-state index in [0.717, 1.165) is 44.6 Å². The summed E-state index contributed by atoms with van der Waals surface area (Å²) in [5, 5.41) is 8.71. The van der Waals surface area contributed by atoms with Crippen LogP contribution < -0.4 is 0 Å². The minimum Gasteiger partial charge on any atom is -0.395 e. The lowest BCUT2D eigenvalue weighted by atomic mass is 10.1. The minimum atomic E-state index is 0.128. The van der Waals surface area contributed by atoms with Crippen LogP contribution in [-0.4, -0.2) is 42.4 Å². The summed E-state index contributed by atoms with van der Waals surface area (Å²) in [6.07, 6.45) is 3.27. The van der Waals surface area contributed by atoms with Gasteiger partial charge in [0.2, 0.25) is 0 Å². The molecule has 1 aromatic rings. The van der Waals surface area contributed by atoms with Crippen LogP contribution in [0.15, 0.2) is 24.3 Å². The molecule has 0 aliphatic carbocycles. The van der Waals surface area contributed by atoms with Crippen molar-refractivity contribution in [2.75, 3.05) is 26.3 Å². The highest BCUT2D eigenvalue weighted by Crippen LogP contribution is 2.16. The molecular weight excluding hydrogens is 262 g/mol. The molecular formula is C18H25NO2. The van der Waals surface area contributed by atoms with Crippen molar-refractivity contribution >= 4 is 0 Å². The number of nitrogens with zero attached hydrogens (tertiary/aromatic N) is 1. The van der Waals surface area contributed by atoms with E-state index >= 15 is 0 Å². The number of rotatable bonds is 5. The first-order chi connectivity index (χ1) is 10.3. The Hall–Kier alpha value is -1.34. The predicted molar refractivity (Wildman–Crippen MR) is 84.9 cm³/mol. The molecule has 1 aliphatic rings. The molecule has 2 rings (SSSR count). The normalized spacial score (nSPS) is 16.5. The monoisotopic (exact) mass is 287 g/mol. The van der Waals surface area contributed by atoms with Gasteiger partial charge in [-0.15, -0.1) is 0 Å². The molecule has 0 saturated carbocycles. The Morgan fingerprint density at radius 1 is 1.24 bits per heavy atom. The average molecular weight is 287 g/mol. The summed E-state index contributed by atoms with van der Waals surface area (Å²) in [6, 6.07) is 8.43. The molecule has 0 radical (unpaired) electrons. The molecule has 3 nitrogen and oxygen atoms in total. The first-order valence-corrected chi connectivity index (χ1v) is 7.84. The van der Waals surface area contributed by atoms with Gasteiger partial charge in [0, 0.05) is 38.2 Å². The summed E-state index contributed by atoms with van der Waals surface area (Å²) in [5.41, 5.74) is 2.35. The topological polar surface area (TPSA) is 32.7 Å². The standard InChI is InChI=1S/C18H25NO2/c1-2-21-18-10-12-19(13-11-18)15-17-8-6-16(7-9-17)5-3-4-14-20/h6-9,18,20H,2,4,10-15H2,1H3. The van der Waals surface area contributed by atoms with E-state index in [1.165, 1.54) is 5.56 Å². The molecule has 0 spiro atoms. The van der Waals surface area contributed by atoms with E-state index in [2.05, 4.69) is 47.9 Å². The highest BCUT2D eigenvalue weighted by molar-refractivity contribution is 5.36. The van der Waals surface area contributed by atoms with E-state index in [4.69, 9.17) is 9.84 Å². The summed E-state index contributed by atoms with van der Waals surface area (Å²) in [7, 11) is 0. The summed E-state index contributed by atoms with van der Waals surface area (Å²) in [6.45, 7) is 6.25. The third kappa shape index (κ3) is 5.51. The van der Waals surface area contributed by atoms with Crippen LogP contribution in [-0.2, 0) is 11.3 Å². The van der Waals surface area contributed by atoms with Crippen molar-refractivity contribution in [2.24, 2.45) is 0 Å². The molecule has 1 N–H and O–H groups in total. The number of ether oxygens (including phenoxy) is 1. The molecule has 3 heteroatoms. The lowest BCUT2D eigenvalue weighted by Gasteiger charge is -2.31. The van der Waals surface area contributed by atoms with Gasteiger partial charge in [0.1, 0.15) is 0 Å². The number of aliphatic hydroxyl groups excluding tert-OH is 1. The van der Waals surface area contributed by atoms with Crippen LogP contribution in [0.3, 0.4) is 0 Å². The third-order valence-electron chi connectivity index (χ3n) is 3.77. The molecule has 1 aliphatic heterocycles. The summed E-state index contributed by atoms with van der Waals surface area (Å²) in [5.74, 6) is 6.00. The lowest BCUT2D eigenvalue weighted by Crippen LogP contribution is -2.36. The molecule has 0 atom stereocenters. The molecule has 0 aromatic heterocycles. The summed E-state index contributed by atoms with van der Waals surface area (Å²) in [4.78, 5) is 2.49. The number of likely N-dealkylation sites (tertiary alicyclic amines) is 1. The largest absolute Gasteiger partial charge is 0.395 e. The Balaban J connectivity index is 1.80. The molecule has 1 aromatic carbocycles. The van der Waals surface area contributed by atoms with Gasteiger partial charge in [-0.3, -0.25) is 4.90 Å². The zero-order valence-corrected chi connectivity index (χ0v) is 12.8. The predicted octanol–water partition coefficient (Wildman–Crippen LogP) is 2.42. The molecule has 114 valence electrons. The van der Waals surface area contributed by atoms with Gasteiger partial charge in [-0.2, -0.15) is 0 Å². The van der Waals surface area contributed by atoms with Gasteiger partial charge in [0.05, 0.1) is 12.7 Å². The van der Waals surface area contributed by atoms with Crippen molar-refractivity contribution in [3.8, 4) is 11.8 Å². The van der Waals surface area contributed by atoms with Crippen molar-refractivity contribution in [3.63, 3.8) is 0 Å². The molecule has 0 amide bonds. The zero-order valence-electron chi connectivity index (χ0n) is 12.8.